The van der Waals surface area contributed by atoms with E-state index in [1.165, 1.54) is 0 Å². The number of rotatable bonds is 3. The van der Waals surface area contributed by atoms with Gasteiger partial charge in [0.2, 0.25) is 23.5 Å². The Morgan fingerprint density at radius 2 is 1.24 bits per heavy atom. The van der Waals surface area contributed by atoms with Crippen LogP contribution in [0, 0.1) is 31.6 Å². The predicted molar refractivity (Wildman–Crippen MR) is 192 cm³/mol. The molecule has 46 heavy (non-hydrogen) atoms. The van der Waals surface area contributed by atoms with E-state index in [4.69, 9.17) is 33.8 Å². The molecule has 5 aromatic rings. The number of terminal acetylenes is 2. The van der Waals surface area contributed by atoms with Crippen LogP contribution in [0.15, 0.2) is 85.1 Å². The Balaban J connectivity index is 0.000000182. The van der Waals surface area contributed by atoms with E-state index in [1.54, 1.807) is 32.0 Å². The number of hydrogen-bond donors (Lipinski definition) is 2. The summed E-state index contributed by atoms with van der Waals surface area (Å²) in [5.41, 5.74) is 18.1. The first kappa shape index (κ1) is 33.2. The summed E-state index contributed by atoms with van der Waals surface area (Å²) in [7, 11) is 3.68. The molecule has 0 fully saturated rings. The van der Waals surface area contributed by atoms with Crippen LogP contribution in [0.1, 0.15) is 45.8 Å². The second-order valence-electron chi connectivity index (χ2n) is 10.2. The highest BCUT2D eigenvalue weighted by Gasteiger charge is 2.37. The van der Waals surface area contributed by atoms with Gasteiger partial charge in [0.25, 0.3) is 0 Å². The van der Waals surface area contributed by atoms with E-state index >= 15 is 0 Å². The Bertz CT molecular complexity index is 2090. The Labute approximate surface area is 293 Å². The molecule has 234 valence electrons. The lowest BCUT2D eigenvalue weighted by molar-refractivity contribution is 0.358. The maximum Gasteiger partial charge on any atom is 0.224 e. The van der Waals surface area contributed by atoms with E-state index in [0.717, 1.165) is 45.4 Å². The highest BCUT2D eigenvalue weighted by atomic mass is 79.9. The van der Waals surface area contributed by atoms with Crippen molar-refractivity contribution in [2.45, 2.75) is 26.2 Å². The highest BCUT2D eigenvalue weighted by molar-refractivity contribution is 9.11. The van der Waals surface area contributed by atoms with Crippen molar-refractivity contribution < 1.29 is 9.47 Å². The zero-order valence-corrected chi connectivity index (χ0v) is 29.1. The van der Waals surface area contributed by atoms with Gasteiger partial charge in [-0.2, -0.15) is 10.2 Å². The molecule has 0 aliphatic carbocycles. The molecule has 2 aliphatic heterocycles. The van der Waals surface area contributed by atoms with Gasteiger partial charge in [-0.15, -0.1) is 35.5 Å². The van der Waals surface area contributed by atoms with E-state index in [0.29, 0.717) is 22.9 Å². The first-order chi connectivity index (χ1) is 21.6. The van der Waals surface area contributed by atoms with Gasteiger partial charge in [-0.1, -0.05) is 49.6 Å². The minimum Gasteiger partial charge on any atom is -0.422 e. The average molecular weight is 779 g/mol. The third kappa shape index (κ3) is 5.78. The smallest absolute Gasteiger partial charge is 0.224 e. The van der Waals surface area contributed by atoms with Gasteiger partial charge >= 0.3 is 0 Å². The number of nitrogens with two attached hydrogens (primary N) is 2. The zero-order chi connectivity index (χ0) is 32.0. The molecular weight excluding hydrogens is 748 g/mol. The van der Waals surface area contributed by atoms with Crippen LogP contribution in [0.5, 0.6) is 11.8 Å². The first-order valence-corrected chi connectivity index (χ1v) is 16.8. The lowest BCUT2D eigenvalue weighted by Crippen LogP contribution is -2.21. The lowest BCUT2D eigenvalue weighted by Gasteiger charge is -2.24. The zero-order valence-electron chi connectivity index (χ0n) is 24.3. The van der Waals surface area contributed by atoms with Gasteiger partial charge in [0.1, 0.15) is 5.69 Å². The summed E-state index contributed by atoms with van der Waals surface area (Å²) in [6.45, 7) is 1.95. The number of benzene rings is 1. The quantitative estimate of drug-likeness (QED) is 0.182. The van der Waals surface area contributed by atoms with Crippen molar-refractivity contribution in [3.05, 3.63) is 112 Å². The van der Waals surface area contributed by atoms with Crippen LogP contribution < -0.4 is 20.9 Å². The molecule has 0 bridgehead atoms. The molecule has 12 heteroatoms. The second-order valence-corrected chi connectivity index (χ2v) is 15.2. The predicted octanol–water partition coefficient (Wildman–Crippen LogP) is 7.76. The van der Waals surface area contributed by atoms with Crippen molar-refractivity contribution in [2.75, 3.05) is 0 Å². The van der Waals surface area contributed by atoms with Gasteiger partial charge in [0.05, 0.1) is 47.4 Å². The molecule has 2 aliphatic rings. The summed E-state index contributed by atoms with van der Waals surface area (Å²) in [6, 6.07) is 18.1. The van der Waals surface area contributed by atoms with Gasteiger partial charge in [-0.25, -0.2) is 9.36 Å². The van der Waals surface area contributed by atoms with Crippen molar-refractivity contribution >= 4 is 54.5 Å². The van der Waals surface area contributed by atoms with Crippen LogP contribution in [-0.2, 0) is 14.1 Å². The van der Waals surface area contributed by atoms with Crippen LogP contribution in [0.3, 0.4) is 0 Å². The van der Waals surface area contributed by atoms with Gasteiger partial charge in [0.15, 0.2) is 0 Å². The largest absolute Gasteiger partial charge is 0.422 e. The average Bonchev–Trinajstić information content (AvgIpc) is 3.79. The molecule has 0 saturated heterocycles. The fraction of sp³-hybridized carbons (Fsp3) is 0.176. The molecule has 0 radical (unpaired) electrons. The fourth-order valence-electron chi connectivity index (χ4n) is 5.56. The van der Waals surface area contributed by atoms with Crippen molar-refractivity contribution in [3.8, 4) is 47.7 Å². The summed E-state index contributed by atoms with van der Waals surface area (Å²) in [4.78, 5) is 2.21. The van der Waals surface area contributed by atoms with Crippen molar-refractivity contribution in [2.24, 2.45) is 25.6 Å². The molecule has 0 saturated carbocycles. The van der Waals surface area contributed by atoms with Crippen molar-refractivity contribution in [3.63, 3.8) is 0 Å². The number of halogens is 2. The molecule has 2 unspecified atom stereocenters. The van der Waals surface area contributed by atoms with Gasteiger partial charge in [-0.05, 0) is 63.0 Å². The second kappa shape index (κ2) is 13.3. The van der Waals surface area contributed by atoms with Crippen LogP contribution in [-0.4, -0.2) is 19.6 Å². The molecular formula is C34H30Br2N6O2S2. The van der Waals surface area contributed by atoms with Crippen LogP contribution >= 0.6 is 54.5 Å². The maximum absolute atomic E-state index is 6.12. The summed E-state index contributed by atoms with van der Waals surface area (Å²) < 4.78 is 17.0. The van der Waals surface area contributed by atoms with Gasteiger partial charge in [-0.3, -0.25) is 0 Å². The Morgan fingerprint density at radius 3 is 1.72 bits per heavy atom. The summed E-state index contributed by atoms with van der Waals surface area (Å²) >= 11 is 10.3. The van der Waals surface area contributed by atoms with E-state index in [2.05, 4.69) is 60.0 Å². The first-order valence-electron chi connectivity index (χ1n) is 13.6. The Morgan fingerprint density at radius 1 is 0.761 bits per heavy atom. The standard InChI is InChI=1S/C19H14BrN3OS.C14H12BrN3OS.CH4/c1-3-12-15(13-9-10-14(20)25-13)16-17(11-7-5-4-6-8-11)22-23(2)19(16)24-18(12)21;1-4-8-12(9-5-6-10(15)20-9)11-7(2)17-18(3)14(11)19-13(8)16;/h1,4-10,15H,21H2,2H3;1,5-6,12H,16H2,2-3H3;1H4. The van der Waals surface area contributed by atoms with Gasteiger partial charge in [0, 0.05) is 29.4 Å². The number of aryl methyl sites for hydroxylation is 3. The number of thiophene rings is 2. The highest BCUT2D eigenvalue weighted by Crippen LogP contribution is 2.49. The minimum absolute atomic E-state index is 0. The molecule has 6 heterocycles. The van der Waals surface area contributed by atoms with E-state index in [1.807, 2.05) is 69.6 Å². The van der Waals surface area contributed by atoms with Crippen LogP contribution in [0.25, 0.3) is 11.3 Å². The Hall–Kier alpha value is -4.20. The molecule has 0 amide bonds. The van der Waals surface area contributed by atoms with Crippen molar-refractivity contribution in [1.82, 2.24) is 19.6 Å². The lowest BCUT2D eigenvalue weighted by atomic mass is 9.87. The summed E-state index contributed by atoms with van der Waals surface area (Å²) in [6.07, 6.45) is 11.4. The third-order valence-corrected chi connectivity index (χ3v) is 10.8. The monoisotopic (exact) mass is 776 g/mol. The minimum atomic E-state index is -0.172. The molecule has 1 aromatic carbocycles. The number of nitrogens with zero attached hydrogens (tertiary/aromatic N) is 4. The third-order valence-electron chi connectivity index (χ3n) is 7.46. The van der Waals surface area contributed by atoms with Gasteiger partial charge < -0.3 is 20.9 Å². The number of aromatic nitrogens is 4. The summed E-state index contributed by atoms with van der Waals surface area (Å²) in [5.74, 6) is 6.96. The molecule has 2 atom stereocenters. The van der Waals surface area contributed by atoms with Crippen molar-refractivity contribution in [1.29, 1.82) is 0 Å². The maximum atomic E-state index is 6.12. The number of allylic oxidation sites excluding steroid dienone is 2. The SMILES string of the molecule is C.C#CC1=C(N)Oc2c(c(-c3ccccc3)nn2C)C1c1ccc(Br)s1.C#CC1=C(N)Oc2c(c(C)nn2C)C1c1ccc(Br)s1. The topological polar surface area (TPSA) is 106 Å². The van der Waals surface area contributed by atoms with Crippen LogP contribution in [0.4, 0.5) is 0 Å². The molecule has 8 nitrogen and oxygen atoms in total. The number of hydrogen-bond acceptors (Lipinski definition) is 8. The van der Waals surface area contributed by atoms with E-state index in [-0.39, 0.29) is 31.0 Å². The van der Waals surface area contributed by atoms with E-state index < -0.39 is 0 Å². The Kier molecular flexibility index (Phi) is 9.57. The molecule has 4 aromatic heterocycles. The fourth-order valence-corrected chi connectivity index (χ4v) is 8.65. The molecule has 0 spiro atoms. The molecule has 7 rings (SSSR count). The normalized spacial score (nSPS) is 16.5. The molecule has 4 N–H and O–H groups in total. The number of ether oxygens (including phenoxy) is 2. The van der Waals surface area contributed by atoms with Crippen LogP contribution in [0.2, 0.25) is 0 Å². The van der Waals surface area contributed by atoms with E-state index in [9.17, 15) is 0 Å². The summed E-state index contributed by atoms with van der Waals surface area (Å²) in [5, 5.41) is 9.09. The number of fused-ring (bicyclic) bond motifs is 2.